The summed E-state index contributed by atoms with van der Waals surface area (Å²) in [7, 11) is 6.92. The fourth-order valence-corrected chi connectivity index (χ4v) is 9.00. The molecule has 0 aromatic heterocycles. The van der Waals surface area contributed by atoms with Crippen molar-refractivity contribution in [2.45, 2.75) is 56.8 Å². The summed E-state index contributed by atoms with van der Waals surface area (Å²) in [5.74, 6) is 3.91. The Balaban J connectivity index is 1.44. The molecule has 0 N–H and O–H groups in total. The van der Waals surface area contributed by atoms with Crippen molar-refractivity contribution in [3.8, 4) is 23.0 Å². The molecule has 0 saturated heterocycles. The summed E-state index contributed by atoms with van der Waals surface area (Å²) in [5.41, 5.74) is 12.1. The van der Waals surface area contributed by atoms with E-state index < -0.39 is 0 Å². The minimum atomic E-state index is -0.207. The molecule has 0 aliphatic heterocycles. The second kappa shape index (κ2) is 14.5. The van der Waals surface area contributed by atoms with Gasteiger partial charge in [0, 0.05) is 11.3 Å². The zero-order valence-corrected chi connectivity index (χ0v) is 29.8. The number of hydrogen-bond acceptors (Lipinski definition) is 4. The molecule has 3 atom stereocenters. The van der Waals surface area contributed by atoms with Crippen molar-refractivity contribution in [1.82, 2.24) is 0 Å². The molecule has 4 aromatic carbocycles. The molecule has 1 saturated carbocycles. The van der Waals surface area contributed by atoms with Gasteiger partial charge >= 0.3 is 0 Å². The number of benzene rings is 4. The molecule has 0 heterocycles. The molecule has 0 amide bonds. The minimum absolute atomic E-state index is 0.177. The maximum atomic E-state index is 5.66. The fourth-order valence-electron chi connectivity index (χ4n) is 9.00. The number of methoxy groups -OCH3 is 4. The van der Waals surface area contributed by atoms with Crippen molar-refractivity contribution >= 4 is 12.2 Å². The lowest BCUT2D eigenvalue weighted by Crippen LogP contribution is -2.44. The van der Waals surface area contributed by atoms with Gasteiger partial charge in [-0.05, 0) is 144 Å². The summed E-state index contributed by atoms with van der Waals surface area (Å²) in [5, 5.41) is 0. The topological polar surface area (TPSA) is 36.9 Å². The van der Waals surface area contributed by atoms with Crippen LogP contribution >= 0.6 is 0 Å². The SMILES string of the molecule is C=C1/C(=C/c2ccc(OC)cc2)CCCC12C(c1ccc(OC)cc1)CC1=C(CCC/C1=C\c1ccc(OC)cc1)C2c1ccc(OC)cc1. The highest BCUT2D eigenvalue weighted by molar-refractivity contribution is 5.67. The normalized spacial score (nSPS) is 23.6. The summed E-state index contributed by atoms with van der Waals surface area (Å²) in [6, 6.07) is 34.6. The second-order valence-corrected chi connectivity index (χ2v) is 13.9. The second-order valence-electron chi connectivity index (χ2n) is 13.9. The van der Waals surface area contributed by atoms with Crippen molar-refractivity contribution in [3.63, 3.8) is 0 Å². The maximum Gasteiger partial charge on any atom is 0.118 e. The summed E-state index contributed by atoms with van der Waals surface area (Å²) in [4.78, 5) is 0. The van der Waals surface area contributed by atoms with E-state index in [1.165, 1.54) is 44.5 Å². The van der Waals surface area contributed by atoms with Crippen LogP contribution in [-0.4, -0.2) is 28.4 Å². The van der Waals surface area contributed by atoms with Crippen LogP contribution in [0.4, 0.5) is 0 Å². The third-order valence-electron chi connectivity index (χ3n) is 11.4. The van der Waals surface area contributed by atoms with Crippen LogP contribution in [-0.2, 0) is 0 Å². The van der Waals surface area contributed by atoms with Gasteiger partial charge in [-0.3, -0.25) is 0 Å². The maximum absolute atomic E-state index is 5.66. The molecule has 3 aliphatic carbocycles. The van der Waals surface area contributed by atoms with E-state index in [9.17, 15) is 0 Å². The van der Waals surface area contributed by atoms with Gasteiger partial charge in [-0.2, -0.15) is 0 Å². The Bertz CT molecular complexity index is 1910. The van der Waals surface area contributed by atoms with E-state index in [-0.39, 0.29) is 17.3 Å². The fraction of sp³-hybridized carbons (Fsp3) is 0.304. The van der Waals surface area contributed by atoms with Gasteiger partial charge < -0.3 is 18.9 Å². The van der Waals surface area contributed by atoms with Gasteiger partial charge in [0.05, 0.1) is 28.4 Å². The van der Waals surface area contributed by atoms with Crippen LogP contribution in [0.1, 0.15) is 79.0 Å². The molecule has 4 heteroatoms. The summed E-state index contributed by atoms with van der Waals surface area (Å²) in [6.45, 7) is 5.07. The predicted octanol–water partition coefficient (Wildman–Crippen LogP) is 11.4. The van der Waals surface area contributed by atoms with Gasteiger partial charge in [0.25, 0.3) is 0 Å². The van der Waals surface area contributed by atoms with Gasteiger partial charge in [0.1, 0.15) is 23.0 Å². The van der Waals surface area contributed by atoms with Crippen LogP contribution in [0.25, 0.3) is 12.2 Å². The van der Waals surface area contributed by atoms with Crippen molar-refractivity contribution in [2.75, 3.05) is 28.4 Å². The highest BCUT2D eigenvalue weighted by Crippen LogP contribution is 2.67. The van der Waals surface area contributed by atoms with Crippen molar-refractivity contribution in [3.05, 3.63) is 154 Å². The molecule has 0 bridgehead atoms. The molecule has 1 spiro atoms. The molecule has 256 valence electrons. The van der Waals surface area contributed by atoms with E-state index in [1.54, 1.807) is 34.0 Å². The molecule has 3 unspecified atom stereocenters. The third-order valence-corrected chi connectivity index (χ3v) is 11.4. The van der Waals surface area contributed by atoms with Gasteiger partial charge in [-0.25, -0.2) is 0 Å². The largest absolute Gasteiger partial charge is 0.497 e. The van der Waals surface area contributed by atoms with E-state index >= 15 is 0 Å². The standard InChI is InChI=1S/C46H48O4/c1-31-36(28-32-11-19-38(47-2)20-12-32)9-7-27-46(31)44(34-15-23-40(49-4)24-16-34)30-43-37(29-33-13-21-39(48-3)22-14-33)8-6-10-42(43)45(46)35-17-25-41(50-5)26-18-35/h11-26,28-29,44-45H,1,6-10,27,30H2,2-5H3/b36-28+,37-29+. The first-order valence-corrected chi connectivity index (χ1v) is 17.9. The van der Waals surface area contributed by atoms with E-state index in [4.69, 9.17) is 25.5 Å². The van der Waals surface area contributed by atoms with Crippen LogP contribution < -0.4 is 18.9 Å². The number of hydrogen-bond donors (Lipinski definition) is 0. The molecular formula is C46H48O4. The van der Waals surface area contributed by atoms with Crippen molar-refractivity contribution in [1.29, 1.82) is 0 Å². The number of rotatable bonds is 8. The molecule has 1 fully saturated rings. The Morgan fingerprint density at radius 2 is 1.02 bits per heavy atom. The van der Waals surface area contributed by atoms with Gasteiger partial charge in [0.15, 0.2) is 0 Å². The smallest absolute Gasteiger partial charge is 0.118 e. The lowest BCUT2D eigenvalue weighted by Gasteiger charge is -2.56. The van der Waals surface area contributed by atoms with Crippen molar-refractivity contribution < 1.29 is 18.9 Å². The van der Waals surface area contributed by atoms with E-state index in [1.807, 2.05) is 12.1 Å². The zero-order valence-electron chi connectivity index (χ0n) is 29.8. The highest BCUT2D eigenvalue weighted by Gasteiger charge is 2.55. The van der Waals surface area contributed by atoms with Crippen LogP contribution in [0.3, 0.4) is 0 Å². The van der Waals surface area contributed by atoms with E-state index in [0.29, 0.717) is 0 Å². The highest BCUT2D eigenvalue weighted by atomic mass is 16.5. The van der Waals surface area contributed by atoms with Gasteiger partial charge in [-0.15, -0.1) is 0 Å². The molecule has 50 heavy (non-hydrogen) atoms. The summed E-state index contributed by atoms with van der Waals surface area (Å²) >= 11 is 0. The van der Waals surface area contributed by atoms with E-state index in [2.05, 4.69) is 97.1 Å². The lowest BCUT2D eigenvalue weighted by atomic mass is 9.47. The Morgan fingerprint density at radius 1 is 0.560 bits per heavy atom. The average molecular weight is 665 g/mol. The zero-order chi connectivity index (χ0) is 34.7. The van der Waals surface area contributed by atoms with Crippen LogP contribution in [0.15, 0.2) is 132 Å². The Kier molecular flexibility index (Phi) is 9.72. The van der Waals surface area contributed by atoms with E-state index in [0.717, 1.165) is 67.9 Å². The predicted molar refractivity (Wildman–Crippen MR) is 204 cm³/mol. The molecule has 3 aliphatic rings. The summed E-state index contributed by atoms with van der Waals surface area (Å²) < 4.78 is 22.2. The monoisotopic (exact) mass is 664 g/mol. The third kappa shape index (κ3) is 6.28. The average Bonchev–Trinajstić information content (AvgIpc) is 3.17. The Morgan fingerprint density at radius 3 is 1.54 bits per heavy atom. The van der Waals surface area contributed by atoms with Gasteiger partial charge in [-0.1, -0.05) is 72.8 Å². The summed E-state index contributed by atoms with van der Waals surface area (Å²) in [6.07, 6.45) is 12.3. The van der Waals surface area contributed by atoms with Crippen LogP contribution in [0.2, 0.25) is 0 Å². The minimum Gasteiger partial charge on any atom is -0.497 e. The number of ether oxygens (including phenoxy) is 4. The molecule has 0 radical (unpaired) electrons. The number of allylic oxidation sites excluding steroid dienone is 5. The first-order valence-electron chi connectivity index (χ1n) is 17.9. The van der Waals surface area contributed by atoms with Crippen molar-refractivity contribution in [2.24, 2.45) is 5.41 Å². The molecule has 4 aromatic rings. The molecular weight excluding hydrogens is 617 g/mol. The van der Waals surface area contributed by atoms with Crippen LogP contribution in [0, 0.1) is 5.41 Å². The first-order chi connectivity index (χ1) is 24.5. The Hall–Kier alpha value is -4.96. The first kappa shape index (κ1) is 33.5. The quantitative estimate of drug-likeness (QED) is 0.188. The molecule has 7 rings (SSSR count). The Labute approximate surface area is 297 Å². The molecule has 4 nitrogen and oxygen atoms in total. The van der Waals surface area contributed by atoms with Gasteiger partial charge in [0.2, 0.25) is 0 Å². The van der Waals surface area contributed by atoms with Crippen LogP contribution in [0.5, 0.6) is 23.0 Å². The lowest BCUT2D eigenvalue weighted by molar-refractivity contribution is 0.184.